The zero-order valence-electron chi connectivity index (χ0n) is 10.1. The lowest BCUT2D eigenvalue weighted by Crippen LogP contribution is -2.40. The molecule has 0 radical (unpaired) electrons. The van der Waals surface area contributed by atoms with Crippen molar-refractivity contribution in [3.8, 4) is 0 Å². The molecule has 1 aliphatic heterocycles. The first kappa shape index (κ1) is 12.4. The van der Waals surface area contributed by atoms with Crippen molar-refractivity contribution in [1.29, 1.82) is 0 Å². The number of piperidine rings is 1. The van der Waals surface area contributed by atoms with Gasteiger partial charge in [-0.1, -0.05) is 11.4 Å². The van der Waals surface area contributed by atoms with E-state index >= 15 is 0 Å². The Kier molecular flexibility index (Phi) is 4.06. The van der Waals surface area contributed by atoms with E-state index in [0.717, 1.165) is 44.6 Å². The van der Waals surface area contributed by atoms with Gasteiger partial charge in [0.05, 0.1) is 5.69 Å². The van der Waals surface area contributed by atoms with E-state index in [2.05, 4.69) is 9.59 Å². The van der Waals surface area contributed by atoms with Crippen molar-refractivity contribution >= 4 is 17.4 Å². The number of nitrogens with zero attached hydrogens (tertiary/aromatic N) is 3. The summed E-state index contributed by atoms with van der Waals surface area (Å²) in [5.41, 5.74) is 6.46. The lowest BCUT2D eigenvalue weighted by Gasteiger charge is -2.31. The van der Waals surface area contributed by atoms with E-state index in [1.165, 1.54) is 11.5 Å². The maximum atomic E-state index is 12.3. The van der Waals surface area contributed by atoms with E-state index in [1.54, 1.807) is 0 Å². The van der Waals surface area contributed by atoms with Gasteiger partial charge in [-0.25, -0.2) is 0 Å². The van der Waals surface area contributed by atoms with Gasteiger partial charge in [-0.15, -0.1) is 5.10 Å². The fourth-order valence-electron chi connectivity index (χ4n) is 2.12. The summed E-state index contributed by atoms with van der Waals surface area (Å²) in [5, 5.41) is 3.98. The molecule has 6 heteroatoms. The Balaban J connectivity index is 2.02. The van der Waals surface area contributed by atoms with Crippen molar-refractivity contribution < 1.29 is 4.79 Å². The van der Waals surface area contributed by atoms with E-state index in [0.29, 0.717) is 10.8 Å². The summed E-state index contributed by atoms with van der Waals surface area (Å²) in [5.74, 6) is 0.664. The van der Waals surface area contributed by atoms with Gasteiger partial charge in [0.1, 0.15) is 4.88 Å². The van der Waals surface area contributed by atoms with Gasteiger partial charge in [-0.3, -0.25) is 4.79 Å². The molecule has 1 amide bonds. The van der Waals surface area contributed by atoms with Crippen molar-refractivity contribution in [1.82, 2.24) is 14.5 Å². The quantitative estimate of drug-likeness (QED) is 0.870. The molecule has 0 unspecified atom stereocenters. The maximum Gasteiger partial charge on any atom is 0.267 e. The van der Waals surface area contributed by atoms with Crippen LogP contribution in [0.1, 0.15) is 35.1 Å². The van der Waals surface area contributed by atoms with Gasteiger partial charge >= 0.3 is 0 Å². The Labute approximate surface area is 105 Å². The molecule has 1 aromatic rings. The van der Waals surface area contributed by atoms with Crippen molar-refractivity contribution in [2.24, 2.45) is 11.7 Å². The SMILES string of the molecule is CCc1nnsc1C(=O)N1CCC(CN)CC1. The first-order valence-corrected chi connectivity index (χ1v) is 6.84. The minimum absolute atomic E-state index is 0.0901. The summed E-state index contributed by atoms with van der Waals surface area (Å²) in [6, 6.07) is 0. The highest BCUT2D eigenvalue weighted by molar-refractivity contribution is 7.07. The third kappa shape index (κ3) is 2.63. The second kappa shape index (κ2) is 5.55. The largest absolute Gasteiger partial charge is 0.338 e. The van der Waals surface area contributed by atoms with Crippen LogP contribution in [0.5, 0.6) is 0 Å². The number of carbonyl (C=O) groups excluding carboxylic acids is 1. The molecular weight excluding hydrogens is 236 g/mol. The van der Waals surface area contributed by atoms with E-state index in [1.807, 2.05) is 11.8 Å². The Morgan fingerprint density at radius 2 is 2.24 bits per heavy atom. The second-order valence-electron chi connectivity index (χ2n) is 4.37. The molecule has 17 heavy (non-hydrogen) atoms. The number of likely N-dealkylation sites (tertiary alicyclic amines) is 1. The van der Waals surface area contributed by atoms with Crippen molar-refractivity contribution in [2.75, 3.05) is 19.6 Å². The number of aryl methyl sites for hydroxylation is 1. The Morgan fingerprint density at radius 3 is 2.82 bits per heavy atom. The molecule has 0 aliphatic carbocycles. The highest BCUT2D eigenvalue weighted by Gasteiger charge is 2.25. The number of nitrogens with two attached hydrogens (primary N) is 1. The smallest absolute Gasteiger partial charge is 0.267 e. The molecule has 0 aromatic carbocycles. The average Bonchev–Trinajstić information content (AvgIpc) is 2.86. The van der Waals surface area contributed by atoms with Gasteiger partial charge in [0.2, 0.25) is 0 Å². The summed E-state index contributed by atoms with van der Waals surface area (Å²) < 4.78 is 3.86. The van der Waals surface area contributed by atoms with Gasteiger partial charge in [0.15, 0.2) is 0 Å². The number of carbonyl (C=O) groups is 1. The van der Waals surface area contributed by atoms with Crippen LogP contribution in [0.25, 0.3) is 0 Å². The second-order valence-corrected chi connectivity index (χ2v) is 5.13. The van der Waals surface area contributed by atoms with Gasteiger partial charge in [0.25, 0.3) is 5.91 Å². The van der Waals surface area contributed by atoms with Crippen LogP contribution in [-0.4, -0.2) is 40.0 Å². The van der Waals surface area contributed by atoms with Gasteiger partial charge in [0, 0.05) is 13.1 Å². The maximum absolute atomic E-state index is 12.3. The first-order chi connectivity index (χ1) is 8.26. The van der Waals surface area contributed by atoms with Gasteiger partial charge < -0.3 is 10.6 Å². The van der Waals surface area contributed by atoms with Crippen LogP contribution < -0.4 is 5.73 Å². The molecule has 94 valence electrons. The third-order valence-corrected chi connectivity index (χ3v) is 4.08. The molecule has 2 rings (SSSR count). The summed E-state index contributed by atoms with van der Waals surface area (Å²) >= 11 is 1.21. The van der Waals surface area contributed by atoms with Crippen LogP contribution in [0.2, 0.25) is 0 Å². The molecule has 0 saturated carbocycles. The van der Waals surface area contributed by atoms with E-state index < -0.39 is 0 Å². The minimum Gasteiger partial charge on any atom is -0.338 e. The van der Waals surface area contributed by atoms with E-state index in [9.17, 15) is 4.79 Å². The fraction of sp³-hybridized carbons (Fsp3) is 0.727. The third-order valence-electron chi connectivity index (χ3n) is 3.32. The minimum atomic E-state index is 0.0901. The highest BCUT2D eigenvalue weighted by Crippen LogP contribution is 2.20. The van der Waals surface area contributed by atoms with Crippen molar-refractivity contribution in [3.05, 3.63) is 10.6 Å². The molecule has 1 aromatic heterocycles. The highest BCUT2D eigenvalue weighted by atomic mass is 32.1. The monoisotopic (exact) mass is 254 g/mol. The predicted molar refractivity (Wildman–Crippen MR) is 67.0 cm³/mol. The number of aromatic nitrogens is 2. The van der Waals surface area contributed by atoms with Gasteiger partial charge in [-0.2, -0.15) is 0 Å². The van der Waals surface area contributed by atoms with E-state index in [-0.39, 0.29) is 5.91 Å². The molecule has 0 spiro atoms. The molecular formula is C11H18N4OS. The number of hydrogen-bond acceptors (Lipinski definition) is 5. The predicted octanol–water partition coefficient (Wildman–Crippen LogP) is 0.911. The first-order valence-electron chi connectivity index (χ1n) is 6.06. The molecule has 1 saturated heterocycles. The zero-order valence-corrected chi connectivity index (χ0v) is 10.9. The average molecular weight is 254 g/mol. The van der Waals surface area contributed by atoms with Crippen LogP contribution >= 0.6 is 11.5 Å². The zero-order chi connectivity index (χ0) is 12.3. The topological polar surface area (TPSA) is 72.1 Å². The van der Waals surface area contributed by atoms with Gasteiger partial charge in [-0.05, 0) is 43.3 Å². The normalized spacial score (nSPS) is 17.4. The van der Waals surface area contributed by atoms with E-state index in [4.69, 9.17) is 5.73 Å². The molecule has 1 fully saturated rings. The number of rotatable bonds is 3. The Hall–Kier alpha value is -1.01. The molecule has 2 heterocycles. The Morgan fingerprint density at radius 1 is 1.53 bits per heavy atom. The summed E-state index contributed by atoms with van der Waals surface area (Å²) in [4.78, 5) is 14.9. The van der Waals surface area contributed by atoms with Crippen LogP contribution in [-0.2, 0) is 6.42 Å². The molecule has 5 nitrogen and oxygen atoms in total. The van der Waals surface area contributed by atoms with Crippen LogP contribution in [0.3, 0.4) is 0 Å². The molecule has 2 N–H and O–H groups in total. The van der Waals surface area contributed by atoms with Crippen molar-refractivity contribution in [3.63, 3.8) is 0 Å². The van der Waals surface area contributed by atoms with Crippen LogP contribution in [0.4, 0.5) is 0 Å². The molecule has 0 atom stereocenters. The molecule has 1 aliphatic rings. The lowest BCUT2D eigenvalue weighted by molar-refractivity contribution is 0.0697. The van der Waals surface area contributed by atoms with Crippen LogP contribution in [0.15, 0.2) is 0 Å². The standard InChI is InChI=1S/C11H18N4OS/c1-2-9-10(17-14-13-9)11(16)15-5-3-8(7-12)4-6-15/h8H,2-7,12H2,1H3. The number of amides is 1. The van der Waals surface area contributed by atoms with Crippen molar-refractivity contribution in [2.45, 2.75) is 26.2 Å². The summed E-state index contributed by atoms with van der Waals surface area (Å²) in [6.07, 6.45) is 2.78. The summed E-state index contributed by atoms with van der Waals surface area (Å²) in [6.45, 7) is 4.34. The lowest BCUT2D eigenvalue weighted by atomic mass is 9.97. The molecule has 0 bridgehead atoms. The summed E-state index contributed by atoms with van der Waals surface area (Å²) in [7, 11) is 0. The number of hydrogen-bond donors (Lipinski definition) is 1. The Bertz CT molecular complexity index is 385. The van der Waals surface area contributed by atoms with Crippen LogP contribution in [0, 0.1) is 5.92 Å². The fourth-order valence-corrected chi connectivity index (χ4v) is 2.84.